The van der Waals surface area contributed by atoms with Crippen LogP contribution in [0.4, 0.5) is 0 Å². The molecule has 3 atom stereocenters. The second kappa shape index (κ2) is 11.7. The molecule has 0 saturated heterocycles. The zero-order chi connectivity index (χ0) is 24.7. The molecule has 178 valence electrons. The van der Waals surface area contributed by atoms with Crippen molar-refractivity contribution in [1.82, 2.24) is 4.98 Å². The van der Waals surface area contributed by atoms with E-state index in [1.165, 1.54) is 19.4 Å². The average molecular weight is 482 g/mol. The lowest BCUT2D eigenvalue weighted by atomic mass is 9.88. The zero-order valence-electron chi connectivity index (χ0n) is 19.4. The highest BCUT2D eigenvalue weighted by Gasteiger charge is 2.28. The van der Waals surface area contributed by atoms with Gasteiger partial charge in [-0.15, -0.1) is 0 Å². The van der Waals surface area contributed by atoms with E-state index in [9.17, 15) is 14.7 Å². The average Bonchev–Trinajstić information content (AvgIpc) is 2.84. The van der Waals surface area contributed by atoms with Crippen LogP contribution >= 0.6 is 11.6 Å². The molecule has 0 aliphatic heterocycles. The smallest absolute Gasteiger partial charge is 0.309 e. The molecule has 0 spiro atoms. The van der Waals surface area contributed by atoms with E-state index < -0.39 is 23.8 Å². The van der Waals surface area contributed by atoms with Gasteiger partial charge in [-0.3, -0.25) is 9.59 Å². The molecule has 0 unspecified atom stereocenters. The molecule has 3 aromatic rings. The largest absolute Gasteiger partial charge is 0.503 e. The van der Waals surface area contributed by atoms with Gasteiger partial charge >= 0.3 is 5.97 Å². The summed E-state index contributed by atoms with van der Waals surface area (Å²) in [4.78, 5) is 29.5. The number of esters is 1. The SMILES string of the molecule is COc1ccnc(C(=O)C[C@@H](C)C(=O)O[C@@H](C)[C@H](Cc2ccc(Cl)cc2)c2ccccc2)c1O. The van der Waals surface area contributed by atoms with Crippen LogP contribution in [0.5, 0.6) is 11.5 Å². The summed E-state index contributed by atoms with van der Waals surface area (Å²) < 4.78 is 10.8. The molecule has 0 aliphatic rings. The highest BCUT2D eigenvalue weighted by Crippen LogP contribution is 2.30. The van der Waals surface area contributed by atoms with Crippen molar-refractivity contribution in [2.24, 2.45) is 5.92 Å². The van der Waals surface area contributed by atoms with Crippen molar-refractivity contribution in [2.75, 3.05) is 7.11 Å². The Bertz CT molecular complexity index is 1120. The van der Waals surface area contributed by atoms with E-state index in [0.29, 0.717) is 11.4 Å². The Morgan fingerprint density at radius 3 is 2.35 bits per heavy atom. The summed E-state index contributed by atoms with van der Waals surface area (Å²) in [5.74, 6) is -1.94. The molecule has 7 heteroatoms. The van der Waals surface area contributed by atoms with Crippen molar-refractivity contribution >= 4 is 23.4 Å². The van der Waals surface area contributed by atoms with Gasteiger partial charge in [0.15, 0.2) is 23.0 Å². The van der Waals surface area contributed by atoms with E-state index in [4.69, 9.17) is 21.1 Å². The van der Waals surface area contributed by atoms with E-state index in [2.05, 4.69) is 4.98 Å². The van der Waals surface area contributed by atoms with Crippen LogP contribution in [0.2, 0.25) is 5.02 Å². The molecule has 0 saturated carbocycles. The lowest BCUT2D eigenvalue weighted by molar-refractivity contribution is -0.153. The summed E-state index contributed by atoms with van der Waals surface area (Å²) in [7, 11) is 1.39. The summed E-state index contributed by atoms with van der Waals surface area (Å²) >= 11 is 6.02. The number of nitrogens with zero attached hydrogens (tertiary/aromatic N) is 1. The number of ether oxygens (including phenoxy) is 2. The molecule has 1 N–H and O–H groups in total. The number of aromatic nitrogens is 1. The fourth-order valence-electron chi connectivity index (χ4n) is 3.77. The number of ketones is 1. The zero-order valence-corrected chi connectivity index (χ0v) is 20.2. The lowest BCUT2D eigenvalue weighted by Crippen LogP contribution is -2.28. The predicted octanol–water partition coefficient (Wildman–Crippen LogP) is 5.62. The molecular formula is C27H28ClNO5. The number of benzene rings is 2. The molecule has 0 aliphatic carbocycles. The Kier molecular flexibility index (Phi) is 8.66. The number of halogens is 1. The molecule has 1 aromatic heterocycles. The first kappa shape index (κ1) is 25.2. The first-order valence-electron chi connectivity index (χ1n) is 11.0. The maximum atomic E-state index is 12.9. The normalized spacial score (nSPS) is 13.5. The Labute approximate surface area is 204 Å². The van der Waals surface area contributed by atoms with Crippen LogP contribution in [0.25, 0.3) is 0 Å². The van der Waals surface area contributed by atoms with Crippen molar-refractivity contribution < 1.29 is 24.2 Å². The number of carbonyl (C=O) groups excluding carboxylic acids is 2. The van der Waals surface area contributed by atoms with Gasteiger partial charge < -0.3 is 14.6 Å². The van der Waals surface area contributed by atoms with Crippen LogP contribution in [-0.2, 0) is 16.0 Å². The molecule has 0 fully saturated rings. The van der Waals surface area contributed by atoms with Crippen LogP contribution in [0.3, 0.4) is 0 Å². The lowest BCUT2D eigenvalue weighted by Gasteiger charge is -2.26. The summed E-state index contributed by atoms with van der Waals surface area (Å²) in [6, 6.07) is 18.9. The molecule has 1 heterocycles. The first-order chi connectivity index (χ1) is 16.3. The van der Waals surface area contributed by atoms with Crippen molar-refractivity contribution in [2.45, 2.75) is 38.7 Å². The summed E-state index contributed by atoms with van der Waals surface area (Å²) in [6.45, 7) is 3.48. The number of Topliss-reactive ketones (excluding diaryl/α,β-unsaturated/α-hetero) is 1. The Hall–Kier alpha value is -3.38. The van der Waals surface area contributed by atoms with Crippen molar-refractivity contribution in [3.63, 3.8) is 0 Å². The third kappa shape index (κ3) is 6.35. The van der Waals surface area contributed by atoms with Gasteiger partial charge in [-0.1, -0.05) is 61.0 Å². The second-order valence-electron chi connectivity index (χ2n) is 8.23. The Morgan fingerprint density at radius 1 is 1.03 bits per heavy atom. The van der Waals surface area contributed by atoms with E-state index in [0.717, 1.165) is 11.1 Å². The number of carbonyl (C=O) groups is 2. The Balaban J connectivity index is 1.70. The molecule has 2 aromatic carbocycles. The quantitative estimate of drug-likeness (QED) is 0.299. The fourth-order valence-corrected chi connectivity index (χ4v) is 3.90. The standard InChI is InChI=1S/C27H28ClNO5/c1-17(15-23(30)25-26(31)24(33-3)13-14-29-25)27(32)34-18(2)22(20-7-5-4-6-8-20)16-19-9-11-21(28)12-10-19/h4-14,17-18,22,31H,15-16H2,1-3H3/t17-,18+,22+/m1/s1. The molecule has 0 amide bonds. The molecule has 34 heavy (non-hydrogen) atoms. The Morgan fingerprint density at radius 2 is 1.71 bits per heavy atom. The van der Waals surface area contributed by atoms with E-state index in [-0.39, 0.29) is 29.5 Å². The van der Waals surface area contributed by atoms with Crippen LogP contribution in [-0.4, -0.2) is 35.1 Å². The highest BCUT2D eigenvalue weighted by molar-refractivity contribution is 6.30. The minimum absolute atomic E-state index is 0.0849. The van der Waals surface area contributed by atoms with Gasteiger partial charge in [0.25, 0.3) is 0 Å². The topological polar surface area (TPSA) is 85.7 Å². The second-order valence-corrected chi connectivity index (χ2v) is 8.66. The van der Waals surface area contributed by atoms with E-state index >= 15 is 0 Å². The third-order valence-corrected chi connectivity index (χ3v) is 5.98. The molecule has 3 rings (SSSR count). The van der Waals surface area contributed by atoms with Gasteiger partial charge in [0.2, 0.25) is 0 Å². The van der Waals surface area contributed by atoms with Gasteiger partial charge in [-0.25, -0.2) is 4.98 Å². The third-order valence-electron chi connectivity index (χ3n) is 5.73. The van der Waals surface area contributed by atoms with Gasteiger partial charge in [0.1, 0.15) is 6.10 Å². The minimum Gasteiger partial charge on any atom is -0.503 e. The van der Waals surface area contributed by atoms with Crippen LogP contribution in [0.1, 0.15) is 47.8 Å². The van der Waals surface area contributed by atoms with Crippen LogP contribution in [0.15, 0.2) is 66.9 Å². The fraction of sp³-hybridized carbons (Fsp3) is 0.296. The number of pyridine rings is 1. The minimum atomic E-state index is -0.714. The first-order valence-corrected chi connectivity index (χ1v) is 11.4. The van der Waals surface area contributed by atoms with Gasteiger partial charge in [-0.2, -0.15) is 0 Å². The molecule has 0 radical (unpaired) electrons. The number of hydrogen-bond donors (Lipinski definition) is 1. The molecular weight excluding hydrogens is 454 g/mol. The maximum Gasteiger partial charge on any atom is 0.309 e. The number of rotatable bonds is 10. The predicted molar refractivity (Wildman–Crippen MR) is 130 cm³/mol. The van der Waals surface area contributed by atoms with Crippen LogP contribution < -0.4 is 4.74 Å². The van der Waals surface area contributed by atoms with Crippen molar-refractivity contribution in [3.8, 4) is 11.5 Å². The van der Waals surface area contributed by atoms with Gasteiger partial charge in [-0.05, 0) is 36.6 Å². The summed E-state index contributed by atoms with van der Waals surface area (Å²) in [5.41, 5.74) is 1.99. The van der Waals surface area contributed by atoms with Gasteiger partial charge in [0, 0.05) is 29.6 Å². The molecule has 6 nitrogen and oxygen atoms in total. The van der Waals surface area contributed by atoms with Crippen LogP contribution in [0, 0.1) is 5.92 Å². The number of aromatic hydroxyl groups is 1. The monoisotopic (exact) mass is 481 g/mol. The summed E-state index contributed by atoms with van der Waals surface area (Å²) in [6.07, 6.45) is 1.45. The van der Waals surface area contributed by atoms with E-state index in [1.807, 2.05) is 61.5 Å². The van der Waals surface area contributed by atoms with Gasteiger partial charge in [0.05, 0.1) is 13.0 Å². The van der Waals surface area contributed by atoms with Crippen molar-refractivity contribution in [1.29, 1.82) is 0 Å². The highest BCUT2D eigenvalue weighted by atomic mass is 35.5. The van der Waals surface area contributed by atoms with E-state index in [1.54, 1.807) is 6.92 Å². The summed E-state index contributed by atoms with van der Waals surface area (Å²) in [5, 5.41) is 10.8. The number of methoxy groups -OCH3 is 1. The van der Waals surface area contributed by atoms with Crippen molar-refractivity contribution in [3.05, 3.63) is 88.7 Å². The number of hydrogen-bond acceptors (Lipinski definition) is 6. The molecule has 0 bridgehead atoms. The maximum absolute atomic E-state index is 12.9.